The molecule has 1 fully saturated rings. The molecule has 0 saturated carbocycles. The van der Waals surface area contributed by atoms with Crippen molar-refractivity contribution in [3.05, 3.63) is 12.3 Å². The van der Waals surface area contributed by atoms with Crippen molar-refractivity contribution < 1.29 is 0 Å². The zero-order chi connectivity index (χ0) is 12.3. The number of aromatic nitrogens is 2. The summed E-state index contributed by atoms with van der Waals surface area (Å²) < 4.78 is 0. The average molecular weight is 234 g/mol. The number of nitrogen functional groups attached to an aromatic ring is 1. The molecule has 2 N–H and O–H groups in total. The third-order valence-electron chi connectivity index (χ3n) is 3.66. The number of nitrogens with two attached hydrogens (primary N) is 1. The second-order valence-corrected chi connectivity index (χ2v) is 5.20. The third kappa shape index (κ3) is 3.08. The van der Waals surface area contributed by atoms with E-state index in [0.717, 1.165) is 30.9 Å². The van der Waals surface area contributed by atoms with Gasteiger partial charge in [-0.2, -0.15) is 4.98 Å². The summed E-state index contributed by atoms with van der Waals surface area (Å²) in [7, 11) is 0. The molecule has 1 unspecified atom stereocenters. The summed E-state index contributed by atoms with van der Waals surface area (Å²) in [4.78, 5) is 10.9. The molecule has 0 aliphatic carbocycles. The number of hydrogen-bond acceptors (Lipinski definition) is 4. The van der Waals surface area contributed by atoms with Gasteiger partial charge in [0.2, 0.25) is 5.95 Å². The molecule has 4 heteroatoms. The summed E-state index contributed by atoms with van der Waals surface area (Å²) in [5, 5.41) is 0. The molecule has 0 radical (unpaired) electrons. The monoisotopic (exact) mass is 234 g/mol. The Morgan fingerprint density at radius 3 is 2.88 bits per heavy atom. The number of rotatable bonds is 2. The lowest BCUT2D eigenvalue weighted by Crippen LogP contribution is -2.26. The minimum Gasteiger partial charge on any atom is -0.384 e. The normalized spacial score (nSPS) is 21.6. The van der Waals surface area contributed by atoms with Crippen LogP contribution in [0.5, 0.6) is 0 Å². The zero-order valence-electron chi connectivity index (χ0n) is 10.8. The van der Waals surface area contributed by atoms with Gasteiger partial charge in [-0.1, -0.05) is 13.8 Å². The Kier molecular flexibility index (Phi) is 3.82. The first-order chi connectivity index (χ1) is 8.16. The quantitative estimate of drug-likeness (QED) is 0.853. The van der Waals surface area contributed by atoms with E-state index in [1.54, 1.807) is 12.3 Å². The van der Waals surface area contributed by atoms with Gasteiger partial charge in [-0.05, 0) is 37.2 Å². The molecule has 0 amide bonds. The Morgan fingerprint density at radius 2 is 2.18 bits per heavy atom. The second-order valence-electron chi connectivity index (χ2n) is 5.20. The van der Waals surface area contributed by atoms with Gasteiger partial charge in [0.05, 0.1) is 0 Å². The highest BCUT2D eigenvalue weighted by atomic mass is 15.3. The highest BCUT2D eigenvalue weighted by Crippen LogP contribution is 2.25. The van der Waals surface area contributed by atoms with Crippen molar-refractivity contribution >= 4 is 11.8 Å². The molecule has 2 heterocycles. The van der Waals surface area contributed by atoms with E-state index in [-0.39, 0.29) is 0 Å². The first-order valence-corrected chi connectivity index (χ1v) is 6.50. The van der Waals surface area contributed by atoms with E-state index in [9.17, 15) is 0 Å². The van der Waals surface area contributed by atoms with Gasteiger partial charge in [0.1, 0.15) is 5.82 Å². The fourth-order valence-corrected chi connectivity index (χ4v) is 2.50. The van der Waals surface area contributed by atoms with Crippen molar-refractivity contribution in [1.82, 2.24) is 9.97 Å². The summed E-state index contributed by atoms with van der Waals surface area (Å²) in [6, 6.07) is 1.73. The van der Waals surface area contributed by atoms with Crippen LogP contribution in [0, 0.1) is 11.8 Å². The van der Waals surface area contributed by atoms with Crippen LogP contribution in [0.4, 0.5) is 11.8 Å². The molecule has 94 valence electrons. The van der Waals surface area contributed by atoms with E-state index in [4.69, 9.17) is 5.73 Å². The van der Waals surface area contributed by atoms with Gasteiger partial charge < -0.3 is 10.6 Å². The van der Waals surface area contributed by atoms with Crippen LogP contribution in [0.25, 0.3) is 0 Å². The van der Waals surface area contributed by atoms with Crippen LogP contribution in [-0.4, -0.2) is 23.1 Å². The SMILES string of the molecule is CC(C)C1CCCN(c2nccc(N)n2)CC1. The standard InChI is InChI=1S/C13H22N4/c1-10(2)11-4-3-8-17(9-6-11)13-15-7-5-12(14)16-13/h5,7,10-11H,3-4,6,8-9H2,1-2H3,(H2,14,15,16). The van der Waals surface area contributed by atoms with Crippen molar-refractivity contribution in [1.29, 1.82) is 0 Å². The summed E-state index contributed by atoms with van der Waals surface area (Å²) >= 11 is 0. The van der Waals surface area contributed by atoms with E-state index in [0.29, 0.717) is 5.82 Å². The topological polar surface area (TPSA) is 55.0 Å². The first kappa shape index (κ1) is 12.1. The summed E-state index contributed by atoms with van der Waals surface area (Å²) in [6.07, 6.45) is 5.51. The molecule has 1 aromatic rings. The molecule has 2 rings (SSSR count). The summed E-state index contributed by atoms with van der Waals surface area (Å²) in [5.41, 5.74) is 5.70. The fraction of sp³-hybridized carbons (Fsp3) is 0.692. The lowest BCUT2D eigenvalue weighted by atomic mass is 9.89. The minimum absolute atomic E-state index is 0.555. The fourth-order valence-electron chi connectivity index (χ4n) is 2.50. The van der Waals surface area contributed by atoms with Gasteiger partial charge in [0, 0.05) is 19.3 Å². The van der Waals surface area contributed by atoms with E-state index in [2.05, 4.69) is 28.7 Å². The maximum atomic E-state index is 5.70. The summed E-state index contributed by atoms with van der Waals surface area (Å²) in [6.45, 7) is 6.73. The molecule has 0 aromatic carbocycles. The Labute approximate surface area is 103 Å². The van der Waals surface area contributed by atoms with Crippen LogP contribution < -0.4 is 10.6 Å². The Balaban J connectivity index is 2.04. The smallest absolute Gasteiger partial charge is 0.227 e. The predicted octanol–water partition coefficient (Wildman–Crippen LogP) is 2.32. The number of hydrogen-bond donors (Lipinski definition) is 1. The Hall–Kier alpha value is -1.32. The maximum absolute atomic E-state index is 5.70. The van der Waals surface area contributed by atoms with E-state index < -0.39 is 0 Å². The van der Waals surface area contributed by atoms with Crippen molar-refractivity contribution in [3.8, 4) is 0 Å². The molecule has 4 nitrogen and oxygen atoms in total. The molecule has 1 atom stereocenters. The van der Waals surface area contributed by atoms with E-state index in [1.807, 2.05) is 0 Å². The number of anilines is 2. The second kappa shape index (κ2) is 5.34. The van der Waals surface area contributed by atoms with Crippen molar-refractivity contribution in [2.75, 3.05) is 23.7 Å². The molecular weight excluding hydrogens is 212 g/mol. The molecular formula is C13H22N4. The van der Waals surface area contributed by atoms with Gasteiger partial charge in [0.25, 0.3) is 0 Å². The van der Waals surface area contributed by atoms with Crippen LogP contribution in [0.15, 0.2) is 12.3 Å². The maximum Gasteiger partial charge on any atom is 0.227 e. The lowest BCUT2D eigenvalue weighted by Gasteiger charge is -2.21. The van der Waals surface area contributed by atoms with Crippen LogP contribution >= 0.6 is 0 Å². The zero-order valence-corrected chi connectivity index (χ0v) is 10.8. The van der Waals surface area contributed by atoms with Gasteiger partial charge in [-0.25, -0.2) is 4.98 Å². The van der Waals surface area contributed by atoms with Crippen LogP contribution in [0.3, 0.4) is 0 Å². The average Bonchev–Trinajstić information content (AvgIpc) is 2.54. The Bertz CT molecular complexity index is 364. The highest BCUT2D eigenvalue weighted by Gasteiger charge is 2.20. The molecule has 17 heavy (non-hydrogen) atoms. The predicted molar refractivity (Wildman–Crippen MR) is 70.8 cm³/mol. The Morgan fingerprint density at radius 1 is 1.35 bits per heavy atom. The number of nitrogens with zero attached hydrogens (tertiary/aromatic N) is 3. The molecule has 1 aliphatic heterocycles. The molecule has 1 aromatic heterocycles. The van der Waals surface area contributed by atoms with Gasteiger partial charge >= 0.3 is 0 Å². The van der Waals surface area contributed by atoms with Crippen LogP contribution in [-0.2, 0) is 0 Å². The van der Waals surface area contributed by atoms with E-state index in [1.165, 1.54) is 19.3 Å². The molecule has 1 saturated heterocycles. The largest absolute Gasteiger partial charge is 0.384 e. The van der Waals surface area contributed by atoms with Crippen molar-refractivity contribution in [2.45, 2.75) is 33.1 Å². The molecule has 0 spiro atoms. The molecule has 1 aliphatic rings. The summed E-state index contributed by atoms with van der Waals surface area (Å²) in [5.74, 6) is 2.95. The van der Waals surface area contributed by atoms with Gasteiger partial charge in [-0.3, -0.25) is 0 Å². The minimum atomic E-state index is 0.555. The van der Waals surface area contributed by atoms with Gasteiger partial charge in [-0.15, -0.1) is 0 Å². The van der Waals surface area contributed by atoms with Crippen molar-refractivity contribution in [2.24, 2.45) is 11.8 Å². The van der Waals surface area contributed by atoms with Crippen LogP contribution in [0.2, 0.25) is 0 Å². The van der Waals surface area contributed by atoms with E-state index >= 15 is 0 Å². The van der Waals surface area contributed by atoms with Crippen molar-refractivity contribution in [3.63, 3.8) is 0 Å². The third-order valence-corrected chi connectivity index (χ3v) is 3.66. The molecule has 0 bridgehead atoms. The lowest BCUT2D eigenvalue weighted by molar-refractivity contribution is 0.351. The van der Waals surface area contributed by atoms with Crippen LogP contribution in [0.1, 0.15) is 33.1 Å². The van der Waals surface area contributed by atoms with Gasteiger partial charge in [0.15, 0.2) is 0 Å². The first-order valence-electron chi connectivity index (χ1n) is 6.50. The highest BCUT2D eigenvalue weighted by molar-refractivity contribution is 5.37.